The second kappa shape index (κ2) is 8.23. The van der Waals surface area contributed by atoms with E-state index in [1.807, 2.05) is 12.1 Å². The van der Waals surface area contributed by atoms with Crippen LogP contribution in [0.1, 0.15) is 77.0 Å². The molecule has 0 spiro atoms. The van der Waals surface area contributed by atoms with Crippen molar-refractivity contribution in [2.24, 2.45) is 0 Å². The third-order valence-electron chi connectivity index (χ3n) is 6.29. The molecular weight excluding hydrogens is 386 g/mol. The number of benzene rings is 1. The minimum Gasteiger partial charge on any atom is -0.326 e. The van der Waals surface area contributed by atoms with Gasteiger partial charge in [-0.05, 0) is 58.2 Å². The van der Waals surface area contributed by atoms with Gasteiger partial charge in [0.25, 0.3) is 0 Å². The fourth-order valence-electron chi connectivity index (χ4n) is 5.36. The topological polar surface area (TPSA) is 71.8 Å². The van der Waals surface area contributed by atoms with Gasteiger partial charge in [-0.3, -0.25) is 4.79 Å². The smallest absolute Gasteiger partial charge is 0.228 e. The number of hydrogen-bond donors (Lipinski definition) is 2. The predicted molar refractivity (Wildman–Crippen MR) is 124 cm³/mol. The molecule has 1 aromatic heterocycles. The summed E-state index contributed by atoms with van der Waals surface area (Å²) in [6.07, 6.45) is 6.48. The Bertz CT molecular complexity index is 970. The molecule has 3 heterocycles. The van der Waals surface area contributed by atoms with Crippen LogP contribution in [-0.2, 0) is 24.2 Å². The van der Waals surface area contributed by atoms with E-state index >= 15 is 0 Å². The van der Waals surface area contributed by atoms with Gasteiger partial charge in [-0.15, -0.1) is 10.2 Å². The first-order valence-electron chi connectivity index (χ1n) is 11.4. The summed E-state index contributed by atoms with van der Waals surface area (Å²) in [5, 5.41) is 15.3. The van der Waals surface area contributed by atoms with Crippen LogP contribution >= 0.6 is 0 Å². The first kappa shape index (κ1) is 21.8. The number of carbonyl (C=O) groups is 1. The number of nitrogens with one attached hydrogen (secondary N) is 2. The van der Waals surface area contributed by atoms with Crippen LogP contribution in [0.2, 0.25) is 0 Å². The fourth-order valence-corrected chi connectivity index (χ4v) is 5.36. The third-order valence-corrected chi connectivity index (χ3v) is 6.29. The molecule has 0 saturated heterocycles. The van der Waals surface area contributed by atoms with Gasteiger partial charge in [0.05, 0.1) is 0 Å². The van der Waals surface area contributed by atoms with E-state index in [0.29, 0.717) is 12.3 Å². The van der Waals surface area contributed by atoms with Gasteiger partial charge in [-0.1, -0.05) is 30.7 Å². The zero-order valence-electron chi connectivity index (χ0n) is 19.5. The Morgan fingerprint density at radius 3 is 2.61 bits per heavy atom. The lowest BCUT2D eigenvalue weighted by Crippen LogP contribution is -2.54. The lowest BCUT2D eigenvalue weighted by Gasteiger charge is -2.41. The van der Waals surface area contributed by atoms with Crippen molar-refractivity contribution in [1.82, 2.24) is 20.1 Å². The largest absolute Gasteiger partial charge is 0.326 e. The number of rotatable bonds is 5. The van der Waals surface area contributed by atoms with E-state index in [0.717, 1.165) is 49.6 Å². The standard InChI is InChI=1S/C25H35N5O/c1-6-21-27-28-22-12-9-19(16-30(21)22)18-7-10-20(11-8-18)26-23(31)13-17-14-24(2,3)29-25(4,5)15-17/h7-8,10-11,14,19,29H,6,9,12-13,15-16H2,1-5H3,(H,26,31)/t19-/m0/s1. The number of aromatic nitrogens is 3. The molecular formula is C25H35N5O. The van der Waals surface area contributed by atoms with Crippen LogP contribution in [0.4, 0.5) is 5.69 Å². The second-order valence-electron chi connectivity index (χ2n) is 10.3. The SMILES string of the molecule is CCc1nnc2n1C[C@@H](c1ccc(NC(=O)CC3=CC(C)(C)NC(C)(C)C3)cc1)CC2. The first-order valence-corrected chi connectivity index (χ1v) is 11.4. The van der Waals surface area contributed by atoms with E-state index in [4.69, 9.17) is 0 Å². The Morgan fingerprint density at radius 1 is 1.19 bits per heavy atom. The second-order valence-corrected chi connectivity index (χ2v) is 10.3. The van der Waals surface area contributed by atoms with Gasteiger partial charge in [0.1, 0.15) is 11.6 Å². The summed E-state index contributed by atoms with van der Waals surface area (Å²) in [4.78, 5) is 12.7. The lowest BCUT2D eigenvalue weighted by atomic mass is 9.82. The molecule has 0 saturated carbocycles. The fraction of sp³-hybridized carbons (Fsp3) is 0.560. The highest BCUT2D eigenvalue weighted by Gasteiger charge is 2.32. The molecule has 166 valence electrons. The van der Waals surface area contributed by atoms with Gasteiger partial charge in [0.2, 0.25) is 5.91 Å². The molecule has 1 atom stereocenters. The van der Waals surface area contributed by atoms with E-state index < -0.39 is 0 Å². The summed E-state index contributed by atoms with van der Waals surface area (Å²) in [6.45, 7) is 11.8. The number of carbonyl (C=O) groups excluding carboxylic acids is 1. The molecule has 0 aliphatic carbocycles. The minimum atomic E-state index is -0.0960. The molecule has 0 unspecified atom stereocenters. The number of fused-ring (bicyclic) bond motifs is 1. The van der Waals surface area contributed by atoms with Crippen molar-refractivity contribution >= 4 is 11.6 Å². The van der Waals surface area contributed by atoms with Crippen LogP contribution in [0, 0.1) is 0 Å². The van der Waals surface area contributed by atoms with Crippen LogP contribution < -0.4 is 10.6 Å². The molecule has 1 aromatic carbocycles. The van der Waals surface area contributed by atoms with Crippen LogP contribution in [0.25, 0.3) is 0 Å². The minimum absolute atomic E-state index is 0.00221. The summed E-state index contributed by atoms with van der Waals surface area (Å²) < 4.78 is 2.28. The van der Waals surface area contributed by atoms with Crippen molar-refractivity contribution in [1.29, 1.82) is 0 Å². The maximum Gasteiger partial charge on any atom is 0.228 e. The molecule has 1 amide bonds. The van der Waals surface area contributed by atoms with E-state index in [-0.39, 0.29) is 17.0 Å². The Kier molecular flexibility index (Phi) is 5.77. The van der Waals surface area contributed by atoms with E-state index in [1.165, 1.54) is 11.1 Å². The van der Waals surface area contributed by atoms with Gasteiger partial charge in [-0.2, -0.15) is 0 Å². The van der Waals surface area contributed by atoms with Crippen molar-refractivity contribution in [3.05, 3.63) is 53.1 Å². The van der Waals surface area contributed by atoms with Gasteiger partial charge >= 0.3 is 0 Å². The summed E-state index contributed by atoms with van der Waals surface area (Å²) >= 11 is 0. The molecule has 0 fully saturated rings. The van der Waals surface area contributed by atoms with Gasteiger partial charge in [0, 0.05) is 48.5 Å². The molecule has 2 aromatic rings. The summed E-state index contributed by atoms with van der Waals surface area (Å²) in [5.74, 6) is 2.69. The van der Waals surface area contributed by atoms with E-state index in [2.05, 4.69) is 78.2 Å². The normalized spacial score (nSPS) is 21.8. The monoisotopic (exact) mass is 421 g/mol. The van der Waals surface area contributed by atoms with E-state index in [9.17, 15) is 4.79 Å². The van der Waals surface area contributed by atoms with Crippen molar-refractivity contribution in [2.45, 2.75) is 90.3 Å². The quantitative estimate of drug-likeness (QED) is 0.703. The molecule has 2 aliphatic rings. The van der Waals surface area contributed by atoms with Crippen molar-refractivity contribution in [2.75, 3.05) is 5.32 Å². The summed E-state index contributed by atoms with van der Waals surface area (Å²) in [7, 11) is 0. The summed E-state index contributed by atoms with van der Waals surface area (Å²) in [5.41, 5.74) is 3.27. The number of amides is 1. The molecule has 0 bridgehead atoms. The van der Waals surface area contributed by atoms with Gasteiger partial charge in [-0.25, -0.2) is 0 Å². The zero-order valence-corrected chi connectivity index (χ0v) is 19.5. The van der Waals surface area contributed by atoms with Crippen molar-refractivity contribution in [3.63, 3.8) is 0 Å². The number of aryl methyl sites for hydroxylation is 2. The highest BCUT2D eigenvalue weighted by atomic mass is 16.1. The molecule has 0 radical (unpaired) electrons. The molecule has 6 heteroatoms. The van der Waals surface area contributed by atoms with Crippen LogP contribution in [0.5, 0.6) is 0 Å². The molecule has 2 N–H and O–H groups in total. The Balaban J connectivity index is 1.38. The summed E-state index contributed by atoms with van der Waals surface area (Å²) in [6, 6.07) is 8.36. The number of anilines is 1. The van der Waals surface area contributed by atoms with E-state index in [1.54, 1.807) is 0 Å². The van der Waals surface area contributed by atoms with Gasteiger partial charge in [0.15, 0.2) is 0 Å². The van der Waals surface area contributed by atoms with Gasteiger partial charge < -0.3 is 15.2 Å². The lowest BCUT2D eigenvalue weighted by molar-refractivity contribution is -0.115. The maximum atomic E-state index is 12.7. The van der Waals surface area contributed by atoms with Crippen LogP contribution in [0.15, 0.2) is 35.9 Å². The van der Waals surface area contributed by atoms with Crippen molar-refractivity contribution < 1.29 is 4.79 Å². The number of nitrogens with zero attached hydrogens (tertiary/aromatic N) is 3. The maximum absolute atomic E-state index is 12.7. The number of hydrogen-bond acceptors (Lipinski definition) is 4. The average molecular weight is 422 g/mol. The zero-order chi connectivity index (χ0) is 22.2. The van der Waals surface area contributed by atoms with Crippen LogP contribution in [0.3, 0.4) is 0 Å². The average Bonchev–Trinajstić information content (AvgIpc) is 3.08. The third kappa shape index (κ3) is 5.06. The molecule has 2 aliphatic heterocycles. The predicted octanol–water partition coefficient (Wildman–Crippen LogP) is 4.38. The molecule has 4 rings (SSSR count). The first-order chi connectivity index (χ1) is 14.6. The highest BCUT2D eigenvalue weighted by Crippen LogP contribution is 2.31. The Hall–Kier alpha value is -2.47. The highest BCUT2D eigenvalue weighted by molar-refractivity contribution is 5.92. The molecule has 6 nitrogen and oxygen atoms in total. The van der Waals surface area contributed by atoms with Crippen molar-refractivity contribution in [3.8, 4) is 0 Å². The van der Waals surface area contributed by atoms with Crippen LogP contribution in [-0.4, -0.2) is 31.7 Å². The molecule has 31 heavy (non-hydrogen) atoms. The Labute approximate surface area is 185 Å². The Morgan fingerprint density at radius 2 is 1.94 bits per heavy atom.